The third-order valence-electron chi connectivity index (χ3n) is 5.38. The van der Waals surface area contributed by atoms with E-state index in [1.165, 1.54) is 10.5 Å². The molecular weight excluding hydrogens is 332 g/mol. The van der Waals surface area contributed by atoms with Crippen LogP contribution in [0.2, 0.25) is 0 Å². The van der Waals surface area contributed by atoms with E-state index in [9.17, 15) is 9.90 Å². The summed E-state index contributed by atoms with van der Waals surface area (Å²) >= 11 is 0. The quantitative estimate of drug-likeness (QED) is 0.860. The highest BCUT2D eigenvalue weighted by Crippen LogP contribution is 2.36. The maximum atomic E-state index is 11.5. The first-order valence-corrected chi connectivity index (χ1v) is 9.40. The molecule has 2 fully saturated rings. The number of nitrogens with zero attached hydrogens (tertiary/aromatic N) is 2. The van der Waals surface area contributed by atoms with Gasteiger partial charge in [-0.2, -0.15) is 0 Å². The fraction of sp³-hybridized carbons (Fsp3) is 0.650. The van der Waals surface area contributed by atoms with E-state index in [0.717, 1.165) is 38.0 Å². The Morgan fingerprint density at radius 1 is 1.19 bits per heavy atom. The fourth-order valence-corrected chi connectivity index (χ4v) is 4.30. The summed E-state index contributed by atoms with van der Waals surface area (Å²) in [5.41, 5.74) is 1.60. The lowest BCUT2D eigenvalue weighted by Gasteiger charge is -2.52. The fourth-order valence-electron chi connectivity index (χ4n) is 4.30. The summed E-state index contributed by atoms with van der Waals surface area (Å²) in [6.45, 7) is 7.68. The molecule has 0 atom stereocenters. The minimum atomic E-state index is -0.858. The summed E-state index contributed by atoms with van der Waals surface area (Å²) in [5.74, 6) is 0. The predicted molar refractivity (Wildman–Crippen MR) is 99.2 cm³/mol. The maximum absolute atomic E-state index is 11.5. The van der Waals surface area contributed by atoms with E-state index in [2.05, 4.69) is 17.0 Å². The second-order valence-corrected chi connectivity index (χ2v) is 8.25. The lowest BCUT2D eigenvalue weighted by Crippen LogP contribution is -2.63. The molecule has 0 aromatic heterocycles. The number of piperidine rings is 1. The van der Waals surface area contributed by atoms with E-state index in [1.807, 2.05) is 26.0 Å². The predicted octanol–water partition coefficient (Wildman–Crippen LogP) is 2.34. The number of carboxylic acid groups (broad SMARTS) is 1. The van der Waals surface area contributed by atoms with Crippen molar-refractivity contribution < 1.29 is 19.7 Å². The zero-order valence-electron chi connectivity index (χ0n) is 15.8. The maximum Gasteiger partial charge on any atom is 0.407 e. The zero-order chi connectivity index (χ0) is 18.8. The number of likely N-dealkylation sites (tertiary alicyclic amines) is 1. The van der Waals surface area contributed by atoms with Crippen LogP contribution in [0.5, 0.6) is 0 Å². The molecule has 2 N–H and O–H groups in total. The van der Waals surface area contributed by atoms with E-state index in [-0.39, 0.29) is 12.2 Å². The van der Waals surface area contributed by atoms with E-state index >= 15 is 0 Å². The Bertz CT molecular complexity index is 638. The number of hydrogen-bond acceptors (Lipinski definition) is 4. The molecule has 2 saturated heterocycles. The lowest BCUT2D eigenvalue weighted by molar-refractivity contribution is -0.207. The van der Waals surface area contributed by atoms with Crippen molar-refractivity contribution in [1.29, 1.82) is 0 Å². The van der Waals surface area contributed by atoms with E-state index in [0.29, 0.717) is 19.5 Å². The van der Waals surface area contributed by atoms with Crippen LogP contribution in [0.15, 0.2) is 24.3 Å². The molecule has 0 aliphatic carbocycles. The van der Waals surface area contributed by atoms with Crippen molar-refractivity contribution in [2.45, 2.75) is 50.9 Å². The first-order chi connectivity index (χ1) is 12.3. The number of aliphatic hydroxyl groups excluding tert-OH is 1. The molecule has 2 heterocycles. The van der Waals surface area contributed by atoms with Gasteiger partial charge >= 0.3 is 6.09 Å². The first kappa shape index (κ1) is 19.1. The summed E-state index contributed by atoms with van der Waals surface area (Å²) in [6.07, 6.45) is 1.52. The van der Waals surface area contributed by atoms with Crippen LogP contribution in [0.4, 0.5) is 4.79 Å². The standard InChI is InChI=1S/C20H30N2O4/c1-19(2)14-22(18(24)25)15-20(26-19)7-9-21(10-8-20)13-17-5-3-4-16(12-17)6-11-23/h3-5,12,23H,6-11,13-15H2,1-2H3,(H,24,25). The second-order valence-electron chi connectivity index (χ2n) is 8.25. The summed E-state index contributed by atoms with van der Waals surface area (Å²) in [5, 5.41) is 18.5. The number of benzene rings is 1. The third kappa shape index (κ3) is 4.55. The van der Waals surface area contributed by atoms with E-state index in [1.54, 1.807) is 0 Å². The van der Waals surface area contributed by atoms with E-state index < -0.39 is 11.7 Å². The molecule has 1 aromatic carbocycles. The van der Waals surface area contributed by atoms with Gasteiger partial charge in [0, 0.05) is 26.2 Å². The molecule has 6 nitrogen and oxygen atoms in total. The van der Waals surface area contributed by atoms with Gasteiger partial charge in [-0.15, -0.1) is 0 Å². The molecule has 0 unspecified atom stereocenters. The molecule has 0 radical (unpaired) electrons. The van der Waals surface area contributed by atoms with Crippen molar-refractivity contribution in [2.24, 2.45) is 0 Å². The highest BCUT2D eigenvalue weighted by molar-refractivity contribution is 5.65. The van der Waals surface area contributed by atoms with Crippen LogP contribution in [0, 0.1) is 0 Å². The smallest absolute Gasteiger partial charge is 0.407 e. The number of amides is 1. The van der Waals surface area contributed by atoms with Gasteiger partial charge in [-0.3, -0.25) is 4.90 Å². The van der Waals surface area contributed by atoms with Crippen molar-refractivity contribution in [1.82, 2.24) is 9.80 Å². The van der Waals surface area contributed by atoms with Crippen LogP contribution >= 0.6 is 0 Å². The molecular formula is C20H30N2O4. The number of carbonyl (C=O) groups is 1. The molecule has 0 saturated carbocycles. The Labute approximate surface area is 155 Å². The molecule has 1 spiro atoms. The summed E-state index contributed by atoms with van der Waals surface area (Å²) in [6, 6.07) is 8.37. The van der Waals surface area contributed by atoms with Crippen molar-refractivity contribution in [3.05, 3.63) is 35.4 Å². The lowest BCUT2D eigenvalue weighted by atomic mass is 9.86. The average Bonchev–Trinajstić information content (AvgIpc) is 2.56. The number of rotatable bonds is 4. The Balaban J connectivity index is 1.61. The molecule has 1 amide bonds. The minimum Gasteiger partial charge on any atom is -0.465 e. The van der Waals surface area contributed by atoms with Crippen LogP contribution in [-0.4, -0.2) is 70.1 Å². The zero-order valence-corrected chi connectivity index (χ0v) is 15.8. The Hall–Kier alpha value is -1.63. The van der Waals surface area contributed by atoms with Crippen LogP contribution in [0.1, 0.15) is 37.8 Å². The van der Waals surface area contributed by atoms with Gasteiger partial charge in [0.15, 0.2) is 0 Å². The van der Waals surface area contributed by atoms with Gasteiger partial charge in [0.25, 0.3) is 0 Å². The molecule has 2 aliphatic heterocycles. The second kappa shape index (κ2) is 7.55. The molecule has 1 aromatic rings. The molecule has 26 heavy (non-hydrogen) atoms. The molecule has 3 rings (SSSR count). The largest absolute Gasteiger partial charge is 0.465 e. The van der Waals surface area contributed by atoms with Gasteiger partial charge in [-0.25, -0.2) is 4.79 Å². The van der Waals surface area contributed by atoms with Gasteiger partial charge in [0.05, 0.1) is 24.3 Å². The van der Waals surface area contributed by atoms with Crippen molar-refractivity contribution >= 4 is 6.09 Å². The van der Waals surface area contributed by atoms with Crippen LogP contribution in [0.25, 0.3) is 0 Å². The molecule has 6 heteroatoms. The van der Waals surface area contributed by atoms with Gasteiger partial charge in [-0.1, -0.05) is 24.3 Å². The van der Waals surface area contributed by atoms with Crippen molar-refractivity contribution in [3.63, 3.8) is 0 Å². The van der Waals surface area contributed by atoms with Crippen molar-refractivity contribution in [3.8, 4) is 0 Å². The molecule has 144 valence electrons. The van der Waals surface area contributed by atoms with Crippen molar-refractivity contribution in [2.75, 3.05) is 32.8 Å². The highest BCUT2D eigenvalue weighted by atomic mass is 16.5. The normalized spacial score (nSPS) is 22.5. The van der Waals surface area contributed by atoms with Crippen LogP contribution in [0.3, 0.4) is 0 Å². The SMILES string of the molecule is CC1(C)CN(C(=O)O)CC2(CCN(Cc3cccc(CCO)c3)CC2)O1. The third-order valence-corrected chi connectivity index (χ3v) is 5.38. The molecule has 0 bridgehead atoms. The average molecular weight is 362 g/mol. The number of ether oxygens (including phenoxy) is 1. The summed E-state index contributed by atoms with van der Waals surface area (Å²) in [7, 11) is 0. The van der Waals surface area contributed by atoms with Gasteiger partial charge in [0.1, 0.15) is 0 Å². The first-order valence-electron chi connectivity index (χ1n) is 9.40. The van der Waals surface area contributed by atoms with Gasteiger partial charge in [0.2, 0.25) is 0 Å². The number of morpholine rings is 1. The van der Waals surface area contributed by atoms with Gasteiger partial charge in [-0.05, 0) is 44.2 Å². The Morgan fingerprint density at radius 2 is 1.88 bits per heavy atom. The number of hydrogen-bond donors (Lipinski definition) is 2. The van der Waals surface area contributed by atoms with Crippen LogP contribution < -0.4 is 0 Å². The Kier molecular flexibility index (Phi) is 5.55. The van der Waals surface area contributed by atoms with Gasteiger partial charge < -0.3 is 19.8 Å². The highest BCUT2D eigenvalue weighted by Gasteiger charge is 2.47. The summed E-state index contributed by atoms with van der Waals surface area (Å²) in [4.78, 5) is 15.4. The van der Waals surface area contributed by atoms with E-state index in [4.69, 9.17) is 9.84 Å². The monoisotopic (exact) mass is 362 g/mol. The molecule has 2 aliphatic rings. The summed E-state index contributed by atoms with van der Waals surface area (Å²) < 4.78 is 6.37. The minimum absolute atomic E-state index is 0.170. The topological polar surface area (TPSA) is 73.2 Å². The Morgan fingerprint density at radius 3 is 2.54 bits per heavy atom. The van der Waals surface area contributed by atoms with Crippen LogP contribution in [-0.2, 0) is 17.7 Å². The number of aliphatic hydroxyl groups is 1.